The van der Waals surface area contributed by atoms with E-state index in [1.807, 2.05) is 18.2 Å². The highest BCUT2D eigenvalue weighted by Gasteiger charge is 2.07. The van der Waals surface area contributed by atoms with Crippen LogP contribution in [0.4, 0.5) is 0 Å². The van der Waals surface area contributed by atoms with Gasteiger partial charge in [0.2, 0.25) is 0 Å². The van der Waals surface area contributed by atoms with Crippen LogP contribution in [0.25, 0.3) is 11.0 Å². The Balaban J connectivity index is 2.51. The van der Waals surface area contributed by atoms with Gasteiger partial charge in [-0.25, -0.2) is 4.79 Å². The van der Waals surface area contributed by atoms with Gasteiger partial charge in [-0.1, -0.05) is 30.8 Å². The first kappa shape index (κ1) is 12.7. The van der Waals surface area contributed by atoms with Crippen LogP contribution in [0.1, 0.15) is 18.1 Å². The smallest absolute Gasteiger partial charge is 0.336 e. The van der Waals surface area contributed by atoms with E-state index in [0.29, 0.717) is 11.3 Å². The Kier molecular flexibility index (Phi) is 3.72. The van der Waals surface area contributed by atoms with Gasteiger partial charge in [0, 0.05) is 17.2 Å². The topological polar surface area (TPSA) is 80.1 Å². The molecule has 0 aliphatic rings. The summed E-state index contributed by atoms with van der Waals surface area (Å²) in [6, 6.07) is 7.32. The first-order valence-corrected chi connectivity index (χ1v) is 6.61. The maximum absolute atomic E-state index is 11.5. The zero-order chi connectivity index (χ0) is 13.1. The number of rotatable bonds is 3. The molecule has 0 saturated heterocycles. The van der Waals surface area contributed by atoms with E-state index in [4.69, 9.17) is 15.6 Å². The molecule has 0 spiro atoms. The lowest BCUT2D eigenvalue weighted by Crippen LogP contribution is -2.05. The molecule has 2 aromatic rings. The first-order valence-electron chi connectivity index (χ1n) is 5.62. The Labute approximate surface area is 109 Å². The standard InChI is InChI=1S/C13H14N2O2S/c1-2-8-3-4-10-9(7-18-13(14)15)6-12(16)17-11(10)5-8/h3-6H,2,7H2,1H3,(H3,14,15). The number of hydrogen-bond donors (Lipinski definition) is 2. The van der Waals surface area contributed by atoms with Crippen LogP contribution in [0.15, 0.2) is 33.5 Å². The second-order valence-electron chi connectivity index (χ2n) is 3.93. The molecule has 18 heavy (non-hydrogen) atoms. The Morgan fingerprint density at radius 2 is 2.22 bits per heavy atom. The van der Waals surface area contributed by atoms with Crippen LogP contribution >= 0.6 is 11.8 Å². The van der Waals surface area contributed by atoms with Gasteiger partial charge < -0.3 is 10.2 Å². The predicted octanol–water partition coefficient (Wildman–Crippen LogP) is 2.48. The van der Waals surface area contributed by atoms with E-state index >= 15 is 0 Å². The molecule has 1 aromatic carbocycles. The van der Waals surface area contributed by atoms with E-state index < -0.39 is 0 Å². The van der Waals surface area contributed by atoms with Crippen molar-refractivity contribution in [3.05, 3.63) is 45.8 Å². The molecule has 0 bridgehead atoms. The molecule has 5 heteroatoms. The molecular weight excluding hydrogens is 248 g/mol. The summed E-state index contributed by atoms with van der Waals surface area (Å²) in [6.07, 6.45) is 0.895. The molecule has 94 valence electrons. The van der Waals surface area contributed by atoms with Crippen LogP contribution in [0.5, 0.6) is 0 Å². The summed E-state index contributed by atoms with van der Waals surface area (Å²) >= 11 is 1.20. The molecule has 0 aliphatic heterocycles. The van der Waals surface area contributed by atoms with Crippen LogP contribution in [0.2, 0.25) is 0 Å². The second kappa shape index (κ2) is 5.27. The third-order valence-corrected chi connectivity index (χ3v) is 3.45. The zero-order valence-corrected chi connectivity index (χ0v) is 10.8. The minimum absolute atomic E-state index is 0.0431. The van der Waals surface area contributed by atoms with E-state index in [9.17, 15) is 4.79 Å². The fourth-order valence-electron chi connectivity index (χ4n) is 1.77. The van der Waals surface area contributed by atoms with Crippen molar-refractivity contribution in [2.24, 2.45) is 5.73 Å². The van der Waals surface area contributed by atoms with Gasteiger partial charge in [-0.05, 0) is 23.6 Å². The van der Waals surface area contributed by atoms with Gasteiger partial charge in [0.25, 0.3) is 0 Å². The van der Waals surface area contributed by atoms with Crippen LogP contribution in [0, 0.1) is 5.41 Å². The Morgan fingerprint density at radius 1 is 1.44 bits per heavy atom. The Morgan fingerprint density at radius 3 is 2.89 bits per heavy atom. The highest BCUT2D eigenvalue weighted by atomic mass is 32.2. The van der Waals surface area contributed by atoms with Gasteiger partial charge in [0.1, 0.15) is 5.58 Å². The minimum Gasteiger partial charge on any atom is -0.423 e. The molecule has 0 fully saturated rings. The molecule has 0 unspecified atom stereocenters. The highest BCUT2D eigenvalue weighted by molar-refractivity contribution is 8.13. The fourth-order valence-corrected chi connectivity index (χ4v) is 2.32. The van der Waals surface area contributed by atoms with Gasteiger partial charge in [0.15, 0.2) is 5.17 Å². The molecule has 0 radical (unpaired) electrons. The van der Waals surface area contributed by atoms with Gasteiger partial charge in [-0.2, -0.15) is 0 Å². The summed E-state index contributed by atoms with van der Waals surface area (Å²) in [4.78, 5) is 11.5. The number of fused-ring (bicyclic) bond motifs is 1. The van der Waals surface area contributed by atoms with Crippen molar-refractivity contribution in [3.8, 4) is 0 Å². The molecule has 2 rings (SSSR count). The number of thioether (sulfide) groups is 1. The number of benzene rings is 1. The highest BCUT2D eigenvalue weighted by Crippen LogP contribution is 2.22. The third kappa shape index (κ3) is 2.73. The molecule has 1 aromatic heterocycles. The monoisotopic (exact) mass is 262 g/mol. The summed E-state index contributed by atoms with van der Waals surface area (Å²) in [5.74, 6) is 0.503. The van der Waals surface area contributed by atoms with Crippen molar-refractivity contribution < 1.29 is 4.42 Å². The molecular formula is C13H14N2O2S. The molecule has 0 amide bonds. The van der Waals surface area contributed by atoms with Gasteiger partial charge >= 0.3 is 5.63 Å². The van der Waals surface area contributed by atoms with Crippen molar-refractivity contribution in [1.82, 2.24) is 0 Å². The summed E-state index contributed by atoms with van der Waals surface area (Å²) in [7, 11) is 0. The number of nitrogens with two attached hydrogens (primary N) is 1. The Hall–Kier alpha value is -1.75. The van der Waals surface area contributed by atoms with Crippen LogP contribution < -0.4 is 11.4 Å². The van der Waals surface area contributed by atoms with E-state index in [0.717, 1.165) is 22.9 Å². The van der Waals surface area contributed by atoms with Gasteiger partial charge in [-0.15, -0.1) is 0 Å². The average Bonchev–Trinajstić information content (AvgIpc) is 2.34. The third-order valence-electron chi connectivity index (χ3n) is 2.69. The quantitative estimate of drug-likeness (QED) is 0.506. The maximum Gasteiger partial charge on any atom is 0.336 e. The minimum atomic E-state index is -0.366. The summed E-state index contributed by atoms with van der Waals surface area (Å²) in [5.41, 5.74) is 7.52. The van der Waals surface area contributed by atoms with Gasteiger partial charge in [-0.3, -0.25) is 5.41 Å². The maximum atomic E-state index is 11.5. The summed E-state index contributed by atoms with van der Waals surface area (Å²) in [6.45, 7) is 2.05. The molecule has 3 N–H and O–H groups in total. The van der Waals surface area contributed by atoms with Gasteiger partial charge in [0.05, 0.1) is 0 Å². The lowest BCUT2D eigenvalue weighted by atomic mass is 10.1. The van der Waals surface area contributed by atoms with E-state index in [1.54, 1.807) is 0 Å². The molecule has 0 aliphatic carbocycles. The van der Waals surface area contributed by atoms with Crippen molar-refractivity contribution in [2.75, 3.05) is 0 Å². The summed E-state index contributed by atoms with van der Waals surface area (Å²) in [5, 5.41) is 8.15. The van der Waals surface area contributed by atoms with Crippen molar-refractivity contribution in [2.45, 2.75) is 19.1 Å². The molecule has 1 heterocycles. The SMILES string of the molecule is CCc1ccc2c(CSC(=N)N)cc(=O)oc2c1. The molecule has 0 atom stereocenters. The average molecular weight is 262 g/mol. The number of nitrogens with one attached hydrogen (secondary N) is 1. The number of aryl methyl sites for hydroxylation is 1. The van der Waals surface area contributed by atoms with Crippen LogP contribution in [0.3, 0.4) is 0 Å². The zero-order valence-electron chi connectivity index (χ0n) is 10.0. The van der Waals surface area contributed by atoms with E-state index in [2.05, 4.69) is 6.92 Å². The lowest BCUT2D eigenvalue weighted by molar-refractivity contribution is 0.559. The van der Waals surface area contributed by atoms with Crippen molar-refractivity contribution in [3.63, 3.8) is 0 Å². The Bertz CT molecular complexity index is 649. The fraction of sp³-hybridized carbons (Fsp3) is 0.231. The van der Waals surface area contributed by atoms with E-state index in [1.165, 1.54) is 17.8 Å². The second-order valence-corrected chi connectivity index (χ2v) is 4.94. The summed E-state index contributed by atoms with van der Waals surface area (Å²) < 4.78 is 5.20. The largest absolute Gasteiger partial charge is 0.423 e. The van der Waals surface area contributed by atoms with Crippen molar-refractivity contribution >= 4 is 27.9 Å². The predicted molar refractivity (Wildman–Crippen MR) is 75.1 cm³/mol. The normalized spacial score (nSPS) is 10.7. The van der Waals surface area contributed by atoms with E-state index in [-0.39, 0.29) is 10.8 Å². The molecule has 0 saturated carbocycles. The lowest BCUT2D eigenvalue weighted by Gasteiger charge is -2.05. The number of amidine groups is 1. The van der Waals surface area contributed by atoms with Crippen LogP contribution in [-0.4, -0.2) is 5.17 Å². The van der Waals surface area contributed by atoms with Crippen molar-refractivity contribution in [1.29, 1.82) is 5.41 Å². The van der Waals surface area contributed by atoms with Crippen LogP contribution in [-0.2, 0) is 12.2 Å². The molecule has 4 nitrogen and oxygen atoms in total. The first-order chi connectivity index (χ1) is 8.60. The number of hydrogen-bond acceptors (Lipinski definition) is 4.